The van der Waals surface area contributed by atoms with Crippen LogP contribution in [0.25, 0.3) is 11.3 Å². The minimum absolute atomic E-state index is 0.505. The Labute approximate surface area is 116 Å². The van der Waals surface area contributed by atoms with Gasteiger partial charge in [0.2, 0.25) is 0 Å². The maximum atomic E-state index is 6.15. The molecule has 2 rings (SSSR count). The summed E-state index contributed by atoms with van der Waals surface area (Å²) in [6.07, 6.45) is 0. The SMILES string of the molecule is CCOc1cc(OC)c(Cl)cc1-c1cc(N)n(C)n1. The zero-order valence-electron chi connectivity index (χ0n) is 11.1. The van der Waals surface area contributed by atoms with Crippen molar-refractivity contribution >= 4 is 17.4 Å². The number of nitrogen functional groups attached to an aromatic ring is 1. The van der Waals surface area contributed by atoms with Crippen molar-refractivity contribution < 1.29 is 9.47 Å². The fourth-order valence-electron chi connectivity index (χ4n) is 1.78. The van der Waals surface area contributed by atoms with E-state index in [1.165, 1.54) is 0 Å². The molecule has 0 aliphatic carbocycles. The van der Waals surface area contributed by atoms with Crippen LogP contribution in [0.1, 0.15) is 6.92 Å². The van der Waals surface area contributed by atoms with E-state index in [2.05, 4.69) is 5.10 Å². The Morgan fingerprint density at radius 1 is 1.32 bits per heavy atom. The van der Waals surface area contributed by atoms with Gasteiger partial charge in [-0.3, -0.25) is 4.68 Å². The quantitative estimate of drug-likeness (QED) is 0.936. The summed E-state index contributed by atoms with van der Waals surface area (Å²) in [5.74, 6) is 1.81. The molecule has 1 aromatic heterocycles. The van der Waals surface area contributed by atoms with Crippen LogP contribution < -0.4 is 15.2 Å². The fraction of sp³-hybridized carbons (Fsp3) is 0.308. The minimum atomic E-state index is 0.505. The average Bonchev–Trinajstić information content (AvgIpc) is 2.71. The van der Waals surface area contributed by atoms with E-state index in [-0.39, 0.29) is 0 Å². The van der Waals surface area contributed by atoms with Crippen molar-refractivity contribution in [2.75, 3.05) is 19.5 Å². The lowest BCUT2D eigenvalue weighted by Gasteiger charge is -2.11. The molecule has 0 saturated carbocycles. The molecular formula is C13H16ClN3O2. The summed E-state index contributed by atoms with van der Waals surface area (Å²) in [6, 6.07) is 5.31. The van der Waals surface area contributed by atoms with Gasteiger partial charge in [-0.05, 0) is 13.0 Å². The third-order valence-corrected chi connectivity index (χ3v) is 3.04. The molecule has 19 heavy (non-hydrogen) atoms. The van der Waals surface area contributed by atoms with Crippen LogP contribution in [0.5, 0.6) is 11.5 Å². The third kappa shape index (κ3) is 2.61. The molecule has 6 heteroatoms. The molecule has 0 unspecified atom stereocenters. The van der Waals surface area contributed by atoms with Gasteiger partial charge in [0.05, 0.1) is 24.4 Å². The van der Waals surface area contributed by atoms with E-state index in [4.69, 9.17) is 26.8 Å². The maximum Gasteiger partial charge on any atom is 0.141 e. The highest BCUT2D eigenvalue weighted by atomic mass is 35.5. The smallest absolute Gasteiger partial charge is 0.141 e. The first kappa shape index (κ1) is 13.5. The Hall–Kier alpha value is -1.88. The monoisotopic (exact) mass is 281 g/mol. The zero-order valence-corrected chi connectivity index (χ0v) is 11.9. The van der Waals surface area contributed by atoms with Crippen molar-refractivity contribution in [2.45, 2.75) is 6.92 Å². The molecule has 2 N–H and O–H groups in total. The number of nitrogens with two attached hydrogens (primary N) is 1. The zero-order chi connectivity index (χ0) is 14.0. The second kappa shape index (κ2) is 5.40. The van der Waals surface area contributed by atoms with Crippen molar-refractivity contribution in [3.8, 4) is 22.8 Å². The summed E-state index contributed by atoms with van der Waals surface area (Å²) in [6.45, 7) is 2.46. The van der Waals surface area contributed by atoms with Crippen molar-refractivity contribution in [2.24, 2.45) is 7.05 Å². The van der Waals surface area contributed by atoms with Gasteiger partial charge in [0.15, 0.2) is 0 Å². The van der Waals surface area contributed by atoms with E-state index in [0.29, 0.717) is 34.6 Å². The highest BCUT2D eigenvalue weighted by Crippen LogP contribution is 2.38. The molecule has 0 atom stereocenters. The predicted octanol–water partition coefficient (Wildman–Crippen LogP) is 2.73. The average molecular weight is 282 g/mol. The normalized spacial score (nSPS) is 10.5. The number of nitrogens with zero attached hydrogens (tertiary/aromatic N) is 2. The lowest BCUT2D eigenvalue weighted by atomic mass is 10.1. The Kier molecular flexibility index (Phi) is 3.85. The van der Waals surface area contributed by atoms with E-state index in [0.717, 1.165) is 5.56 Å². The summed E-state index contributed by atoms with van der Waals surface area (Å²) in [4.78, 5) is 0. The van der Waals surface area contributed by atoms with Crippen molar-refractivity contribution in [1.29, 1.82) is 0 Å². The number of anilines is 1. The van der Waals surface area contributed by atoms with Crippen LogP contribution in [0.4, 0.5) is 5.82 Å². The Morgan fingerprint density at radius 2 is 2.05 bits per heavy atom. The van der Waals surface area contributed by atoms with Gasteiger partial charge in [-0.2, -0.15) is 5.10 Å². The Balaban J connectivity index is 2.57. The standard InChI is InChI=1S/C13H16ClN3O2/c1-4-19-11-7-12(18-3)9(14)5-8(11)10-6-13(15)17(2)16-10/h5-7H,4,15H2,1-3H3. The molecule has 0 saturated heterocycles. The molecule has 0 radical (unpaired) electrons. The molecule has 0 spiro atoms. The summed E-state index contributed by atoms with van der Waals surface area (Å²) < 4.78 is 12.4. The first-order valence-corrected chi connectivity index (χ1v) is 6.24. The molecule has 0 amide bonds. The van der Waals surface area contributed by atoms with Gasteiger partial charge in [-0.1, -0.05) is 11.6 Å². The van der Waals surface area contributed by atoms with Gasteiger partial charge in [0.25, 0.3) is 0 Å². The number of ether oxygens (including phenoxy) is 2. The third-order valence-electron chi connectivity index (χ3n) is 2.75. The Morgan fingerprint density at radius 3 is 2.58 bits per heavy atom. The largest absolute Gasteiger partial charge is 0.495 e. The number of methoxy groups -OCH3 is 1. The van der Waals surface area contributed by atoms with Gasteiger partial charge in [-0.25, -0.2) is 0 Å². The van der Waals surface area contributed by atoms with Gasteiger partial charge < -0.3 is 15.2 Å². The van der Waals surface area contributed by atoms with Crippen LogP contribution in [0, 0.1) is 0 Å². The molecule has 1 heterocycles. The number of rotatable bonds is 4. The van der Waals surface area contributed by atoms with Crippen LogP contribution in [0.2, 0.25) is 5.02 Å². The topological polar surface area (TPSA) is 62.3 Å². The molecule has 102 valence electrons. The molecule has 1 aromatic carbocycles. The highest BCUT2D eigenvalue weighted by molar-refractivity contribution is 6.32. The number of halogens is 1. The minimum Gasteiger partial charge on any atom is -0.495 e. The number of aryl methyl sites for hydroxylation is 1. The van der Waals surface area contributed by atoms with Gasteiger partial charge in [0, 0.05) is 24.7 Å². The highest BCUT2D eigenvalue weighted by Gasteiger charge is 2.15. The van der Waals surface area contributed by atoms with E-state index in [1.807, 2.05) is 6.92 Å². The van der Waals surface area contributed by atoms with Crippen LogP contribution in [0.3, 0.4) is 0 Å². The second-order valence-corrected chi connectivity index (χ2v) is 4.40. The van der Waals surface area contributed by atoms with E-state index >= 15 is 0 Å². The molecular weight excluding hydrogens is 266 g/mol. The molecule has 0 bridgehead atoms. The lowest BCUT2D eigenvalue weighted by Crippen LogP contribution is -1.98. The fourth-order valence-corrected chi connectivity index (χ4v) is 2.02. The predicted molar refractivity (Wildman–Crippen MR) is 75.8 cm³/mol. The van der Waals surface area contributed by atoms with Crippen LogP contribution in [0.15, 0.2) is 18.2 Å². The summed E-state index contributed by atoms with van der Waals surface area (Å²) in [5.41, 5.74) is 7.31. The number of hydrogen-bond donors (Lipinski definition) is 1. The van der Waals surface area contributed by atoms with Crippen LogP contribution in [-0.2, 0) is 7.05 Å². The first-order valence-electron chi connectivity index (χ1n) is 5.87. The first-order chi connectivity index (χ1) is 9.06. The lowest BCUT2D eigenvalue weighted by molar-refractivity contribution is 0.337. The maximum absolute atomic E-state index is 6.15. The second-order valence-electron chi connectivity index (χ2n) is 3.99. The molecule has 0 aliphatic rings. The molecule has 0 aliphatic heterocycles. The van der Waals surface area contributed by atoms with Gasteiger partial charge in [0.1, 0.15) is 17.3 Å². The summed E-state index contributed by atoms with van der Waals surface area (Å²) in [5, 5.41) is 4.84. The molecule has 5 nitrogen and oxygen atoms in total. The van der Waals surface area contributed by atoms with Crippen LogP contribution >= 0.6 is 11.6 Å². The molecule has 0 fully saturated rings. The van der Waals surface area contributed by atoms with Crippen molar-refractivity contribution in [3.05, 3.63) is 23.2 Å². The van der Waals surface area contributed by atoms with E-state index in [1.54, 1.807) is 37.0 Å². The Bertz CT molecular complexity index is 576. The number of benzene rings is 1. The summed E-state index contributed by atoms with van der Waals surface area (Å²) in [7, 11) is 3.35. The van der Waals surface area contributed by atoms with Crippen molar-refractivity contribution in [3.63, 3.8) is 0 Å². The van der Waals surface area contributed by atoms with Crippen molar-refractivity contribution in [1.82, 2.24) is 9.78 Å². The van der Waals surface area contributed by atoms with Gasteiger partial charge in [-0.15, -0.1) is 0 Å². The number of hydrogen-bond acceptors (Lipinski definition) is 4. The van der Waals surface area contributed by atoms with Gasteiger partial charge >= 0.3 is 0 Å². The van der Waals surface area contributed by atoms with Crippen LogP contribution in [-0.4, -0.2) is 23.5 Å². The van der Waals surface area contributed by atoms with E-state index < -0.39 is 0 Å². The molecule has 2 aromatic rings. The number of aromatic nitrogens is 2. The van der Waals surface area contributed by atoms with E-state index in [9.17, 15) is 0 Å². The summed E-state index contributed by atoms with van der Waals surface area (Å²) >= 11 is 6.15.